The number of halogens is 1. The molecule has 1 aliphatic rings. The fourth-order valence-corrected chi connectivity index (χ4v) is 3.26. The van der Waals surface area contributed by atoms with E-state index in [0.717, 1.165) is 57.4 Å². The second kappa shape index (κ2) is 12.3. The molecule has 156 valence electrons. The van der Waals surface area contributed by atoms with Crippen LogP contribution in [-0.4, -0.2) is 56.6 Å². The van der Waals surface area contributed by atoms with Gasteiger partial charge < -0.3 is 20.3 Å². The van der Waals surface area contributed by atoms with Gasteiger partial charge in [0.1, 0.15) is 11.9 Å². The predicted octanol–water partition coefficient (Wildman–Crippen LogP) is 2.86. The van der Waals surface area contributed by atoms with Gasteiger partial charge >= 0.3 is 0 Å². The van der Waals surface area contributed by atoms with Crippen LogP contribution in [0.2, 0.25) is 0 Å². The summed E-state index contributed by atoms with van der Waals surface area (Å²) >= 11 is 0. The van der Waals surface area contributed by atoms with E-state index < -0.39 is 0 Å². The van der Waals surface area contributed by atoms with Crippen LogP contribution in [0, 0.1) is 5.82 Å². The Balaban J connectivity index is 1.82. The highest BCUT2D eigenvalue weighted by Crippen LogP contribution is 2.17. The molecule has 6 nitrogen and oxygen atoms in total. The van der Waals surface area contributed by atoms with Crippen molar-refractivity contribution < 1.29 is 13.9 Å². The second-order valence-electron chi connectivity index (χ2n) is 6.97. The van der Waals surface area contributed by atoms with Crippen LogP contribution in [0.4, 0.5) is 4.39 Å². The van der Waals surface area contributed by atoms with Crippen LogP contribution in [0.1, 0.15) is 50.7 Å². The third kappa shape index (κ3) is 7.46. The van der Waals surface area contributed by atoms with E-state index in [4.69, 9.17) is 4.74 Å². The number of methoxy groups -OCH3 is 1. The number of benzene rings is 1. The van der Waals surface area contributed by atoms with Gasteiger partial charge in [0.05, 0.1) is 6.54 Å². The predicted molar refractivity (Wildman–Crippen MR) is 110 cm³/mol. The van der Waals surface area contributed by atoms with E-state index in [1.807, 2.05) is 11.8 Å². The Hall–Kier alpha value is -2.15. The van der Waals surface area contributed by atoms with E-state index in [1.54, 1.807) is 19.2 Å². The average molecular weight is 393 g/mol. The highest BCUT2D eigenvalue weighted by atomic mass is 19.1. The van der Waals surface area contributed by atoms with Gasteiger partial charge in [0, 0.05) is 39.7 Å². The Morgan fingerprint density at radius 3 is 2.75 bits per heavy atom. The Bertz CT molecular complexity index is 621. The van der Waals surface area contributed by atoms with Crippen molar-refractivity contribution in [2.45, 2.75) is 45.1 Å². The van der Waals surface area contributed by atoms with Gasteiger partial charge in [0.2, 0.25) is 5.91 Å². The molecule has 1 fully saturated rings. The lowest BCUT2D eigenvalue weighted by Gasteiger charge is -2.21. The van der Waals surface area contributed by atoms with Gasteiger partial charge in [-0.1, -0.05) is 18.6 Å². The summed E-state index contributed by atoms with van der Waals surface area (Å²) in [6.07, 6.45) is 4.59. The normalized spacial score (nSPS) is 16.6. The lowest BCUT2D eigenvalue weighted by atomic mass is 10.1. The van der Waals surface area contributed by atoms with Crippen LogP contribution >= 0.6 is 0 Å². The third-order valence-corrected chi connectivity index (χ3v) is 4.85. The number of carbonyl (C=O) groups is 1. The summed E-state index contributed by atoms with van der Waals surface area (Å²) in [5, 5.41) is 6.54. The number of ether oxygens (including phenoxy) is 1. The van der Waals surface area contributed by atoms with Crippen molar-refractivity contribution in [1.82, 2.24) is 15.5 Å². The first kappa shape index (κ1) is 22.1. The molecule has 2 rings (SSSR count). The Labute approximate surface area is 167 Å². The van der Waals surface area contributed by atoms with Gasteiger partial charge in [-0.15, -0.1) is 0 Å². The number of likely N-dealkylation sites (tertiary alicyclic amines) is 1. The van der Waals surface area contributed by atoms with Gasteiger partial charge in [0.15, 0.2) is 5.96 Å². The number of hydrogen-bond donors (Lipinski definition) is 2. The van der Waals surface area contributed by atoms with Gasteiger partial charge in [-0.2, -0.15) is 0 Å². The summed E-state index contributed by atoms with van der Waals surface area (Å²) < 4.78 is 18.6. The van der Waals surface area contributed by atoms with E-state index in [-0.39, 0.29) is 17.8 Å². The lowest BCUT2D eigenvalue weighted by Crippen LogP contribution is -2.39. The van der Waals surface area contributed by atoms with Crippen molar-refractivity contribution in [3.05, 3.63) is 35.6 Å². The lowest BCUT2D eigenvalue weighted by molar-refractivity contribution is -0.130. The molecule has 1 aromatic carbocycles. The maximum Gasteiger partial charge on any atom is 0.222 e. The summed E-state index contributed by atoms with van der Waals surface area (Å²) in [5.74, 6) is 0.731. The minimum atomic E-state index is -0.264. The van der Waals surface area contributed by atoms with E-state index >= 15 is 0 Å². The van der Waals surface area contributed by atoms with Crippen LogP contribution in [0.5, 0.6) is 0 Å². The monoisotopic (exact) mass is 392 g/mol. The van der Waals surface area contributed by atoms with E-state index in [2.05, 4.69) is 15.6 Å². The molecule has 7 heteroatoms. The first-order valence-electron chi connectivity index (χ1n) is 10.2. The van der Waals surface area contributed by atoms with Crippen molar-refractivity contribution in [2.75, 3.05) is 39.8 Å². The number of rotatable bonds is 9. The molecule has 28 heavy (non-hydrogen) atoms. The molecular formula is C21H33FN4O2. The topological polar surface area (TPSA) is 66.0 Å². The molecule has 1 unspecified atom stereocenters. The van der Waals surface area contributed by atoms with Gasteiger partial charge in [-0.05, 0) is 43.9 Å². The van der Waals surface area contributed by atoms with Crippen molar-refractivity contribution in [1.29, 1.82) is 0 Å². The van der Waals surface area contributed by atoms with Crippen LogP contribution in [0.25, 0.3) is 0 Å². The minimum Gasteiger partial charge on any atom is -0.375 e. The van der Waals surface area contributed by atoms with E-state index in [9.17, 15) is 9.18 Å². The number of hydrogen-bond acceptors (Lipinski definition) is 3. The van der Waals surface area contributed by atoms with Crippen LogP contribution in [-0.2, 0) is 9.53 Å². The highest BCUT2D eigenvalue weighted by molar-refractivity contribution is 5.79. The zero-order valence-corrected chi connectivity index (χ0v) is 17.0. The summed E-state index contributed by atoms with van der Waals surface area (Å²) in [6.45, 7) is 5.60. The molecule has 0 aromatic heterocycles. The molecule has 1 atom stereocenters. The maximum atomic E-state index is 13.1. The van der Waals surface area contributed by atoms with Crippen molar-refractivity contribution >= 4 is 11.9 Å². The number of guanidine groups is 1. The molecular weight excluding hydrogens is 359 g/mol. The van der Waals surface area contributed by atoms with Crippen LogP contribution in [0.15, 0.2) is 29.3 Å². The molecule has 2 N–H and O–H groups in total. The molecule has 0 aliphatic carbocycles. The Kier molecular flexibility index (Phi) is 9.76. The summed E-state index contributed by atoms with van der Waals surface area (Å²) in [5.41, 5.74) is 0.892. The highest BCUT2D eigenvalue weighted by Gasteiger charge is 2.15. The standard InChI is InChI=1S/C21H33FN4O2/c1-3-23-21(24-13-7-15-26-14-6-4-5-8-20(26)27)25-16-19(28-2)17-9-11-18(22)12-10-17/h9-12,19H,3-8,13-16H2,1-2H3,(H2,23,24,25). The van der Waals surface area contributed by atoms with Gasteiger partial charge in [0.25, 0.3) is 0 Å². The Morgan fingerprint density at radius 2 is 2.04 bits per heavy atom. The first-order valence-corrected chi connectivity index (χ1v) is 10.2. The number of carbonyl (C=O) groups excluding carboxylic acids is 1. The zero-order chi connectivity index (χ0) is 20.2. The van der Waals surface area contributed by atoms with Crippen molar-refractivity contribution in [3.63, 3.8) is 0 Å². The second-order valence-corrected chi connectivity index (χ2v) is 6.97. The molecule has 1 saturated heterocycles. The summed E-state index contributed by atoms with van der Waals surface area (Å²) in [6, 6.07) is 6.30. The molecule has 1 aliphatic heterocycles. The molecule has 0 bridgehead atoms. The zero-order valence-electron chi connectivity index (χ0n) is 17.0. The number of amides is 1. The van der Waals surface area contributed by atoms with Gasteiger partial charge in [-0.25, -0.2) is 4.39 Å². The maximum absolute atomic E-state index is 13.1. The largest absolute Gasteiger partial charge is 0.375 e. The van der Waals surface area contributed by atoms with E-state index in [1.165, 1.54) is 12.1 Å². The quantitative estimate of drug-likeness (QED) is 0.385. The minimum absolute atomic E-state index is 0.231. The van der Waals surface area contributed by atoms with Crippen LogP contribution < -0.4 is 10.6 Å². The summed E-state index contributed by atoms with van der Waals surface area (Å²) in [4.78, 5) is 18.6. The molecule has 1 amide bonds. The van der Waals surface area contributed by atoms with Crippen LogP contribution in [0.3, 0.4) is 0 Å². The third-order valence-electron chi connectivity index (χ3n) is 4.85. The summed E-state index contributed by atoms with van der Waals surface area (Å²) in [7, 11) is 1.63. The molecule has 1 heterocycles. The smallest absolute Gasteiger partial charge is 0.222 e. The molecule has 0 spiro atoms. The van der Waals surface area contributed by atoms with E-state index in [0.29, 0.717) is 18.9 Å². The fourth-order valence-electron chi connectivity index (χ4n) is 3.26. The number of nitrogens with zero attached hydrogens (tertiary/aromatic N) is 2. The molecule has 1 aromatic rings. The van der Waals surface area contributed by atoms with Gasteiger partial charge in [-0.3, -0.25) is 9.79 Å². The molecule has 0 radical (unpaired) electrons. The number of aliphatic imine (C=N–C) groups is 1. The Morgan fingerprint density at radius 1 is 1.25 bits per heavy atom. The molecule has 0 saturated carbocycles. The van der Waals surface area contributed by atoms with Crippen molar-refractivity contribution in [2.24, 2.45) is 4.99 Å². The average Bonchev–Trinajstić information content (AvgIpc) is 2.91. The van der Waals surface area contributed by atoms with Crippen molar-refractivity contribution in [3.8, 4) is 0 Å². The number of nitrogens with one attached hydrogen (secondary N) is 2. The fraction of sp³-hybridized carbons (Fsp3) is 0.619. The first-order chi connectivity index (χ1) is 13.6. The SMILES string of the molecule is CCNC(=NCC(OC)c1ccc(F)cc1)NCCCN1CCCCCC1=O.